The van der Waals surface area contributed by atoms with Crippen LogP contribution in [0.4, 0.5) is 4.39 Å². The Labute approximate surface area is 250 Å². The van der Waals surface area contributed by atoms with Crippen molar-refractivity contribution in [2.75, 3.05) is 13.2 Å². The molecule has 0 saturated carbocycles. The topological polar surface area (TPSA) is 83.5 Å². The second-order valence-corrected chi connectivity index (χ2v) is 10.1. The minimum absolute atomic E-state index is 0.0367. The number of hydrogen-bond acceptors (Lipinski definition) is 7. The first-order valence-electron chi connectivity index (χ1n) is 14.1. The zero-order valence-electron chi connectivity index (χ0n) is 24.3. The van der Waals surface area contributed by atoms with E-state index in [4.69, 9.17) is 24.8 Å². The summed E-state index contributed by atoms with van der Waals surface area (Å²) in [4.78, 5) is 30.8. The van der Waals surface area contributed by atoms with Crippen molar-refractivity contribution in [3.8, 4) is 44.9 Å². The van der Waals surface area contributed by atoms with Gasteiger partial charge in [0, 0.05) is 12.5 Å². The lowest BCUT2D eigenvalue weighted by Crippen LogP contribution is -2.04. The first kappa shape index (κ1) is 31.4. The van der Waals surface area contributed by atoms with Gasteiger partial charge < -0.3 is 9.99 Å². The highest BCUT2D eigenvalue weighted by atomic mass is 19.1. The van der Waals surface area contributed by atoms with E-state index < -0.39 is 11.8 Å². The number of carbonyl (C=O) groups is 1. The van der Waals surface area contributed by atoms with Gasteiger partial charge in [0.25, 0.3) is 0 Å². The third-order valence-corrected chi connectivity index (χ3v) is 6.69. The van der Waals surface area contributed by atoms with Crippen molar-refractivity contribution in [3.63, 3.8) is 0 Å². The van der Waals surface area contributed by atoms with Gasteiger partial charge >= 0.3 is 5.97 Å². The Morgan fingerprint density at radius 1 is 0.814 bits per heavy atom. The predicted octanol–water partition coefficient (Wildman–Crippen LogP) is 8.21. The van der Waals surface area contributed by atoms with Gasteiger partial charge in [-0.25, -0.2) is 9.18 Å². The lowest BCUT2D eigenvalue weighted by atomic mass is 9.91. The predicted molar refractivity (Wildman–Crippen MR) is 162 cm³/mol. The maximum Gasteiger partial charge on any atom is 0.352 e. The quantitative estimate of drug-likeness (QED) is 0.0650. The van der Waals surface area contributed by atoms with Crippen LogP contribution in [-0.2, 0) is 26.0 Å². The van der Waals surface area contributed by atoms with Crippen LogP contribution >= 0.6 is 0 Å². The molecular weight excluding hydrogens is 551 g/mol. The van der Waals surface area contributed by atoms with Crippen LogP contribution in [0.25, 0.3) is 33.4 Å². The molecule has 224 valence electrons. The molecule has 0 heterocycles. The summed E-state index contributed by atoms with van der Waals surface area (Å²) in [5, 5.41) is 13.7. The normalized spacial score (nSPS) is 10.8. The van der Waals surface area contributed by atoms with Gasteiger partial charge in [0.2, 0.25) is 0 Å². The average Bonchev–Trinajstić information content (AvgIpc) is 3.03. The lowest BCUT2D eigenvalue weighted by molar-refractivity contribution is -0.462. The maximum absolute atomic E-state index is 15.0. The van der Waals surface area contributed by atoms with E-state index in [0.717, 1.165) is 53.5 Å². The highest BCUT2D eigenvalue weighted by molar-refractivity contribution is 5.77. The molecule has 1 N–H and O–H groups in total. The van der Waals surface area contributed by atoms with Crippen molar-refractivity contribution >= 4 is 5.97 Å². The number of aliphatic hydroxyl groups is 1. The van der Waals surface area contributed by atoms with E-state index in [2.05, 4.69) is 30.5 Å². The van der Waals surface area contributed by atoms with Gasteiger partial charge in [0.15, 0.2) is 11.5 Å². The van der Waals surface area contributed by atoms with E-state index >= 15 is 0 Å². The monoisotopic (exact) mass is 586 g/mol. The van der Waals surface area contributed by atoms with Crippen molar-refractivity contribution in [3.05, 3.63) is 108 Å². The fraction of sp³-hybridized carbons (Fsp3) is 0.229. The molecule has 0 radical (unpaired) electrons. The van der Waals surface area contributed by atoms with E-state index in [1.54, 1.807) is 18.2 Å². The van der Waals surface area contributed by atoms with Crippen molar-refractivity contribution < 1.29 is 38.9 Å². The van der Waals surface area contributed by atoms with Gasteiger partial charge in [-0.15, -0.1) is 0 Å². The Morgan fingerprint density at radius 2 is 1.56 bits per heavy atom. The number of rotatable bonds is 15. The summed E-state index contributed by atoms with van der Waals surface area (Å²) in [6.07, 6.45) is 4.03. The summed E-state index contributed by atoms with van der Waals surface area (Å²) < 4.78 is 15.0. The molecule has 0 unspecified atom stereocenters. The smallest absolute Gasteiger partial charge is 0.352 e. The largest absolute Gasteiger partial charge is 0.392 e. The average molecular weight is 587 g/mol. The van der Waals surface area contributed by atoms with E-state index in [1.807, 2.05) is 42.5 Å². The number of aliphatic hydroxyl groups excluding tert-OH is 1. The summed E-state index contributed by atoms with van der Waals surface area (Å²) in [6.45, 7) is 6.77. The summed E-state index contributed by atoms with van der Waals surface area (Å²) >= 11 is 0. The van der Waals surface area contributed by atoms with Gasteiger partial charge in [-0.2, -0.15) is 4.89 Å². The fourth-order valence-electron chi connectivity index (χ4n) is 4.49. The Bertz CT molecular complexity index is 1530. The van der Waals surface area contributed by atoms with Crippen LogP contribution in [0.5, 0.6) is 11.5 Å². The van der Waals surface area contributed by atoms with Gasteiger partial charge in [-0.1, -0.05) is 80.9 Å². The Balaban J connectivity index is 1.57. The third-order valence-electron chi connectivity index (χ3n) is 6.69. The molecule has 0 saturated heterocycles. The number of unbranched alkanes of at least 4 members (excludes halogenated alkanes) is 2. The van der Waals surface area contributed by atoms with Crippen LogP contribution in [-0.4, -0.2) is 24.3 Å². The van der Waals surface area contributed by atoms with Crippen LogP contribution in [0.15, 0.2) is 97.1 Å². The molecule has 0 aliphatic heterocycles. The minimum Gasteiger partial charge on any atom is -0.392 e. The van der Waals surface area contributed by atoms with Crippen LogP contribution in [0.1, 0.15) is 38.7 Å². The van der Waals surface area contributed by atoms with Crippen molar-refractivity contribution in [2.24, 2.45) is 0 Å². The molecule has 4 aromatic carbocycles. The van der Waals surface area contributed by atoms with E-state index in [1.165, 1.54) is 19.1 Å². The summed E-state index contributed by atoms with van der Waals surface area (Å²) in [5.74, 6) is -0.224. The second kappa shape index (κ2) is 15.7. The van der Waals surface area contributed by atoms with E-state index in [9.17, 15) is 9.18 Å². The lowest BCUT2D eigenvalue weighted by Gasteiger charge is -2.14. The molecule has 0 aromatic heterocycles. The molecule has 0 amide bonds. The standard InChI is InChI=1S/C35H35FO7/c1-4-5-6-8-29-19-30(34-21-32(16-18-35(34)36)42-43-39-23-24(2)22-37)15-17-33(29)27-13-11-26(12-14-27)28-9-7-10-31(20-28)41-40-25(3)38/h7,9-21,37H,2,4-6,8,22-23H2,1,3H3. The van der Waals surface area contributed by atoms with Gasteiger partial charge in [0.1, 0.15) is 12.4 Å². The molecule has 0 aliphatic carbocycles. The number of aryl methyl sites for hydroxylation is 1. The summed E-state index contributed by atoms with van der Waals surface area (Å²) in [7, 11) is 0. The molecule has 4 aromatic rings. The molecule has 0 fully saturated rings. The molecule has 7 nitrogen and oxygen atoms in total. The molecule has 0 bridgehead atoms. The van der Waals surface area contributed by atoms with E-state index in [-0.39, 0.29) is 19.0 Å². The van der Waals surface area contributed by atoms with Crippen LogP contribution in [0.2, 0.25) is 0 Å². The maximum atomic E-state index is 15.0. The summed E-state index contributed by atoms with van der Waals surface area (Å²) in [6, 6.07) is 25.7. The second-order valence-electron chi connectivity index (χ2n) is 10.1. The van der Waals surface area contributed by atoms with Crippen molar-refractivity contribution in [1.29, 1.82) is 0 Å². The number of halogens is 1. The van der Waals surface area contributed by atoms with Crippen molar-refractivity contribution in [1.82, 2.24) is 0 Å². The first-order chi connectivity index (χ1) is 20.9. The highest BCUT2D eigenvalue weighted by Crippen LogP contribution is 2.34. The Morgan fingerprint density at radius 3 is 2.30 bits per heavy atom. The van der Waals surface area contributed by atoms with Crippen molar-refractivity contribution in [2.45, 2.75) is 39.5 Å². The highest BCUT2D eigenvalue weighted by Gasteiger charge is 2.13. The number of carbonyl (C=O) groups excluding carboxylic acids is 1. The summed E-state index contributed by atoms with van der Waals surface area (Å²) in [5.41, 5.74) is 6.64. The molecular formula is C35H35FO7. The molecule has 0 atom stereocenters. The minimum atomic E-state index is -0.528. The van der Waals surface area contributed by atoms with Gasteiger partial charge in [-0.05, 0) is 87.2 Å². The molecule has 8 heteroatoms. The van der Waals surface area contributed by atoms with Crippen LogP contribution in [0.3, 0.4) is 0 Å². The van der Waals surface area contributed by atoms with Crippen LogP contribution < -0.4 is 9.78 Å². The Kier molecular flexibility index (Phi) is 11.4. The molecule has 0 spiro atoms. The zero-order chi connectivity index (χ0) is 30.6. The van der Waals surface area contributed by atoms with Gasteiger partial charge in [0.05, 0.1) is 6.61 Å². The fourth-order valence-corrected chi connectivity index (χ4v) is 4.49. The van der Waals surface area contributed by atoms with Gasteiger partial charge in [-0.3, -0.25) is 9.78 Å². The molecule has 43 heavy (non-hydrogen) atoms. The molecule has 4 rings (SSSR count). The third kappa shape index (κ3) is 8.99. The van der Waals surface area contributed by atoms with Crippen LogP contribution in [0, 0.1) is 5.82 Å². The number of benzene rings is 4. The molecule has 0 aliphatic rings. The SMILES string of the molecule is C=C(CO)COOOc1ccc(F)c(-c2ccc(-c3ccc(-c4cccc(OOC(C)=O)c4)cc3)c(CCCCC)c2)c1. The Hall–Kier alpha value is -4.50. The first-order valence-corrected chi connectivity index (χ1v) is 14.1. The number of hydrogen-bond donors (Lipinski definition) is 1. The zero-order valence-corrected chi connectivity index (χ0v) is 24.3. The van der Waals surface area contributed by atoms with E-state index in [0.29, 0.717) is 22.4 Å².